The van der Waals surface area contributed by atoms with Crippen molar-refractivity contribution in [3.8, 4) is 5.75 Å². The first-order chi connectivity index (χ1) is 11.1. The van der Waals surface area contributed by atoms with Gasteiger partial charge >= 0.3 is 0 Å². The standard InChI is InChI=1S/C20H33NO2/c1-2-3-4-5-6-7-8-9-10-11-20(23)19(21)16-17-12-14-18(22)15-13-17/h8-9,12-15,19-20,22-23H,2-7,10-11,16,21H2,1H3/b9-8-/t19-,20+/m0/s1. The zero-order valence-corrected chi connectivity index (χ0v) is 14.5. The highest BCUT2D eigenvalue weighted by Crippen LogP contribution is 2.13. The normalized spacial score (nSPS) is 14.2. The predicted octanol–water partition coefficient (Wildman–Crippen LogP) is 4.32. The third-order valence-electron chi connectivity index (χ3n) is 4.17. The van der Waals surface area contributed by atoms with Crippen LogP contribution in [0.3, 0.4) is 0 Å². The van der Waals surface area contributed by atoms with E-state index in [-0.39, 0.29) is 11.8 Å². The minimum absolute atomic E-state index is 0.253. The summed E-state index contributed by atoms with van der Waals surface area (Å²) in [5.41, 5.74) is 7.10. The van der Waals surface area contributed by atoms with E-state index in [0.717, 1.165) is 18.4 Å². The average Bonchev–Trinajstić information content (AvgIpc) is 2.55. The van der Waals surface area contributed by atoms with Gasteiger partial charge in [-0.25, -0.2) is 0 Å². The summed E-state index contributed by atoms with van der Waals surface area (Å²) in [5, 5.41) is 19.4. The third-order valence-corrected chi connectivity index (χ3v) is 4.17. The topological polar surface area (TPSA) is 66.5 Å². The molecule has 23 heavy (non-hydrogen) atoms. The SMILES string of the molecule is CCCCCCC/C=C\CC[C@@H](O)[C@@H](N)Cc1ccc(O)cc1. The minimum Gasteiger partial charge on any atom is -0.508 e. The summed E-state index contributed by atoms with van der Waals surface area (Å²) in [5.74, 6) is 0.253. The first-order valence-corrected chi connectivity index (χ1v) is 9.00. The van der Waals surface area contributed by atoms with Gasteiger partial charge in [-0.2, -0.15) is 0 Å². The molecule has 0 amide bonds. The van der Waals surface area contributed by atoms with Crippen molar-refractivity contribution < 1.29 is 10.2 Å². The minimum atomic E-state index is -0.488. The van der Waals surface area contributed by atoms with Crippen LogP contribution >= 0.6 is 0 Å². The first kappa shape index (κ1) is 19.7. The van der Waals surface area contributed by atoms with Crippen LogP contribution in [0, 0.1) is 0 Å². The molecule has 2 atom stereocenters. The molecule has 0 spiro atoms. The van der Waals surface area contributed by atoms with Crippen LogP contribution in [-0.2, 0) is 6.42 Å². The van der Waals surface area contributed by atoms with Crippen LogP contribution in [0.4, 0.5) is 0 Å². The predicted molar refractivity (Wildman–Crippen MR) is 97.5 cm³/mol. The summed E-state index contributed by atoms with van der Waals surface area (Å²) in [4.78, 5) is 0. The van der Waals surface area contributed by atoms with Crippen molar-refractivity contribution in [3.63, 3.8) is 0 Å². The number of nitrogens with two attached hydrogens (primary N) is 1. The molecule has 0 radical (unpaired) electrons. The number of phenols is 1. The van der Waals surface area contributed by atoms with E-state index in [1.807, 2.05) is 12.1 Å². The lowest BCUT2D eigenvalue weighted by Gasteiger charge is -2.18. The fraction of sp³-hybridized carbons (Fsp3) is 0.600. The molecule has 1 aromatic rings. The monoisotopic (exact) mass is 319 g/mol. The highest BCUT2D eigenvalue weighted by Gasteiger charge is 2.14. The van der Waals surface area contributed by atoms with Crippen LogP contribution < -0.4 is 5.73 Å². The summed E-state index contributed by atoms with van der Waals surface area (Å²) < 4.78 is 0. The molecule has 0 bridgehead atoms. The fourth-order valence-electron chi connectivity index (χ4n) is 2.62. The van der Waals surface area contributed by atoms with Crippen molar-refractivity contribution in [2.45, 2.75) is 76.9 Å². The van der Waals surface area contributed by atoms with Crippen LogP contribution in [0.5, 0.6) is 5.75 Å². The molecule has 0 aliphatic heterocycles. The summed E-state index contributed by atoms with van der Waals surface area (Å²) in [6, 6.07) is 6.73. The molecule has 1 aromatic carbocycles. The van der Waals surface area contributed by atoms with Gasteiger partial charge < -0.3 is 15.9 Å². The van der Waals surface area contributed by atoms with Crippen molar-refractivity contribution >= 4 is 0 Å². The van der Waals surface area contributed by atoms with Crippen LogP contribution in [0.15, 0.2) is 36.4 Å². The lowest BCUT2D eigenvalue weighted by molar-refractivity contribution is 0.135. The van der Waals surface area contributed by atoms with Crippen molar-refractivity contribution in [3.05, 3.63) is 42.0 Å². The van der Waals surface area contributed by atoms with Crippen molar-refractivity contribution in [1.82, 2.24) is 0 Å². The van der Waals surface area contributed by atoms with Crippen molar-refractivity contribution in [1.29, 1.82) is 0 Å². The molecule has 1 rings (SSSR count). The number of rotatable bonds is 12. The molecule has 4 N–H and O–H groups in total. The zero-order valence-electron chi connectivity index (χ0n) is 14.5. The molecular weight excluding hydrogens is 286 g/mol. The van der Waals surface area contributed by atoms with E-state index in [1.165, 1.54) is 32.1 Å². The summed E-state index contributed by atoms with van der Waals surface area (Å²) in [6.45, 7) is 2.23. The number of unbranched alkanes of at least 4 members (excludes halogenated alkanes) is 5. The van der Waals surface area contributed by atoms with Gasteiger partial charge in [0.25, 0.3) is 0 Å². The highest BCUT2D eigenvalue weighted by atomic mass is 16.3. The molecule has 0 saturated carbocycles. The van der Waals surface area contributed by atoms with Crippen molar-refractivity contribution in [2.75, 3.05) is 0 Å². The third kappa shape index (κ3) is 9.42. The number of aromatic hydroxyl groups is 1. The summed E-state index contributed by atoms with van der Waals surface area (Å²) >= 11 is 0. The van der Waals surface area contributed by atoms with Gasteiger partial charge in [0.15, 0.2) is 0 Å². The molecule has 3 heteroatoms. The summed E-state index contributed by atoms with van der Waals surface area (Å²) in [6.07, 6.45) is 13.8. The van der Waals surface area contributed by atoms with E-state index in [2.05, 4.69) is 19.1 Å². The van der Waals surface area contributed by atoms with Gasteiger partial charge in [0.2, 0.25) is 0 Å². The van der Waals surface area contributed by atoms with Crippen LogP contribution in [0.2, 0.25) is 0 Å². The van der Waals surface area contributed by atoms with Crippen LogP contribution in [-0.4, -0.2) is 22.4 Å². The Bertz CT molecular complexity index is 428. The number of aliphatic hydroxyl groups is 1. The Hall–Kier alpha value is -1.32. The second-order valence-electron chi connectivity index (χ2n) is 6.35. The second-order valence-corrected chi connectivity index (χ2v) is 6.35. The number of allylic oxidation sites excluding steroid dienone is 2. The molecule has 0 aliphatic rings. The van der Waals surface area contributed by atoms with Gasteiger partial charge in [-0.1, -0.05) is 56.9 Å². The highest BCUT2D eigenvalue weighted by molar-refractivity contribution is 5.26. The largest absolute Gasteiger partial charge is 0.508 e. The lowest BCUT2D eigenvalue weighted by Crippen LogP contribution is -2.36. The Morgan fingerprint density at radius 1 is 1.00 bits per heavy atom. The van der Waals surface area contributed by atoms with Gasteiger partial charge in [0.05, 0.1) is 6.10 Å². The molecule has 0 heterocycles. The Morgan fingerprint density at radius 3 is 2.35 bits per heavy atom. The van der Waals surface area contributed by atoms with Gasteiger partial charge in [0.1, 0.15) is 5.75 Å². The Kier molecular flexibility index (Phi) is 10.4. The molecule has 0 aromatic heterocycles. The molecule has 0 unspecified atom stereocenters. The van der Waals surface area contributed by atoms with E-state index in [0.29, 0.717) is 12.8 Å². The number of hydrogen-bond acceptors (Lipinski definition) is 3. The maximum absolute atomic E-state index is 10.1. The quantitative estimate of drug-likeness (QED) is 0.397. The lowest BCUT2D eigenvalue weighted by atomic mass is 9.99. The van der Waals surface area contributed by atoms with Gasteiger partial charge in [-0.15, -0.1) is 0 Å². The van der Waals surface area contributed by atoms with E-state index in [1.54, 1.807) is 12.1 Å². The van der Waals surface area contributed by atoms with Gasteiger partial charge in [-0.05, 0) is 49.8 Å². The van der Waals surface area contributed by atoms with Crippen LogP contribution in [0.25, 0.3) is 0 Å². The summed E-state index contributed by atoms with van der Waals surface area (Å²) in [7, 11) is 0. The van der Waals surface area contributed by atoms with E-state index >= 15 is 0 Å². The Morgan fingerprint density at radius 2 is 1.65 bits per heavy atom. The number of phenolic OH excluding ortho intramolecular Hbond substituents is 1. The maximum atomic E-state index is 10.1. The van der Waals surface area contributed by atoms with E-state index in [4.69, 9.17) is 5.73 Å². The van der Waals surface area contributed by atoms with E-state index < -0.39 is 6.10 Å². The number of benzene rings is 1. The molecular formula is C20H33NO2. The zero-order chi connectivity index (χ0) is 16.9. The fourth-order valence-corrected chi connectivity index (χ4v) is 2.62. The Labute approximate surface area is 141 Å². The average molecular weight is 319 g/mol. The number of hydrogen-bond donors (Lipinski definition) is 3. The molecule has 0 saturated heterocycles. The Balaban J connectivity index is 2.12. The first-order valence-electron chi connectivity index (χ1n) is 9.00. The molecule has 0 aliphatic carbocycles. The van der Waals surface area contributed by atoms with Gasteiger partial charge in [-0.3, -0.25) is 0 Å². The smallest absolute Gasteiger partial charge is 0.115 e. The van der Waals surface area contributed by atoms with Crippen LogP contribution in [0.1, 0.15) is 63.9 Å². The maximum Gasteiger partial charge on any atom is 0.115 e. The van der Waals surface area contributed by atoms with E-state index in [9.17, 15) is 10.2 Å². The van der Waals surface area contributed by atoms with Gasteiger partial charge in [0, 0.05) is 6.04 Å². The second kappa shape index (κ2) is 12.1. The molecule has 0 fully saturated rings. The van der Waals surface area contributed by atoms with Crippen molar-refractivity contribution in [2.24, 2.45) is 5.73 Å². The number of aliphatic hydroxyl groups excluding tert-OH is 1. The molecule has 130 valence electrons. The molecule has 3 nitrogen and oxygen atoms in total.